The molecule has 1 heterocycles. The summed E-state index contributed by atoms with van der Waals surface area (Å²) in [6, 6.07) is 7.87. The molecule has 0 aromatic heterocycles. The summed E-state index contributed by atoms with van der Waals surface area (Å²) in [6.07, 6.45) is 1.96. The lowest BCUT2D eigenvalue weighted by molar-refractivity contribution is 0.0539. The summed E-state index contributed by atoms with van der Waals surface area (Å²) < 4.78 is 0.964. The van der Waals surface area contributed by atoms with E-state index in [1.807, 2.05) is 29.2 Å². The number of piperidine rings is 1. The molecule has 1 aliphatic heterocycles. The first-order chi connectivity index (χ1) is 9.63. The van der Waals surface area contributed by atoms with E-state index in [1.165, 1.54) is 0 Å². The fraction of sp³-hybridized carbons (Fsp3) is 0.533. The molecule has 1 aromatic carbocycles. The van der Waals surface area contributed by atoms with Crippen LogP contribution in [-0.4, -0.2) is 60.1 Å². The number of hydrogen-bond acceptors (Lipinski definition) is 3. The molecule has 1 aliphatic rings. The summed E-state index contributed by atoms with van der Waals surface area (Å²) in [7, 11) is 2.11. The van der Waals surface area contributed by atoms with Gasteiger partial charge in [0.25, 0.3) is 5.91 Å². The summed E-state index contributed by atoms with van der Waals surface area (Å²) in [5, 5.41) is 9.28. The maximum atomic E-state index is 12.7. The number of amides is 1. The third-order valence-corrected chi connectivity index (χ3v) is 4.78. The molecule has 110 valence electrons. The zero-order valence-electron chi connectivity index (χ0n) is 11.8. The van der Waals surface area contributed by atoms with Gasteiger partial charge in [-0.25, -0.2) is 0 Å². The van der Waals surface area contributed by atoms with Crippen LogP contribution >= 0.6 is 22.6 Å². The molecular formula is C15H21IN2O2. The molecule has 2 rings (SSSR count). The Bertz CT molecular complexity index is 459. The van der Waals surface area contributed by atoms with E-state index in [1.54, 1.807) is 0 Å². The Morgan fingerprint density at radius 3 is 2.65 bits per heavy atom. The van der Waals surface area contributed by atoms with Crippen LogP contribution < -0.4 is 0 Å². The van der Waals surface area contributed by atoms with E-state index in [9.17, 15) is 9.90 Å². The topological polar surface area (TPSA) is 43.8 Å². The lowest BCUT2D eigenvalue weighted by Gasteiger charge is -2.37. The standard InChI is InChI=1S/C15H21IN2O2/c1-17-8-6-12(7-9-17)18(10-11-19)15(20)13-4-2-3-5-14(13)16/h2-5,12,19H,6-11H2,1H3. The van der Waals surface area contributed by atoms with Crippen LogP contribution in [-0.2, 0) is 0 Å². The second-order valence-electron chi connectivity index (χ2n) is 5.24. The number of rotatable bonds is 4. The van der Waals surface area contributed by atoms with Crippen molar-refractivity contribution < 1.29 is 9.90 Å². The summed E-state index contributed by atoms with van der Waals surface area (Å²) in [4.78, 5) is 16.9. The molecule has 0 aliphatic carbocycles. The van der Waals surface area contributed by atoms with Crippen molar-refractivity contribution in [2.45, 2.75) is 18.9 Å². The van der Waals surface area contributed by atoms with Gasteiger partial charge in [0, 0.05) is 16.2 Å². The van der Waals surface area contributed by atoms with E-state index < -0.39 is 0 Å². The number of carbonyl (C=O) groups excluding carboxylic acids is 1. The minimum absolute atomic E-state index is 0.0154. The lowest BCUT2D eigenvalue weighted by atomic mass is 10.0. The van der Waals surface area contributed by atoms with Crippen molar-refractivity contribution in [2.75, 3.05) is 33.3 Å². The van der Waals surface area contributed by atoms with E-state index in [0.29, 0.717) is 6.54 Å². The van der Waals surface area contributed by atoms with Gasteiger partial charge in [-0.05, 0) is 67.7 Å². The highest BCUT2D eigenvalue weighted by molar-refractivity contribution is 14.1. The lowest BCUT2D eigenvalue weighted by Crippen LogP contribution is -2.47. The number of likely N-dealkylation sites (tertiary alicyclic amines) is 1. The van der Waals surface area contributed by atoms with Crippen molar-refractivity contribution in [2.24, 2.45) is 0 Å². The molecular weight excluding hydrogens is 367 g/mol. The van der Waals surface area contributed by atoms with Gasteiger partial charge in [-0.15, -0.1) is 0 Å². The number of halogens is 1. The molecule has 0 bridgehead atoms. The van der Waals surface area contributed by atoms with Crippen molar-refractivity contribution in [1.29, 1.82) is 0 Å². The van der Waals surface area contributed by atoms with Crippen molar-refractivity contribution in [3.8, 4) is 0 Å². The molecule has 20 heavy (non-hydrogen) atoms. The van der Waals surface area contributed by atoms with Crippen LogP contribution in [0.4, 0.5) is 0 Å². The Hall–Kier alpha value is -0.660. The van der Waals surface area contributed by atoms with Crippen LogP contribution in [0.5, 0.6) is 0 Å². The van der Waals surface area contributed by atoms with Crippen LogP contribution in [0.25, 0.3) is 0 Å². The quantitative estimate of drug-likeness (QED) is 0.801. The summed E-state index contributed by atoms with van der Waals surface area (Å²) in [6.45, 7) is 2.44. The maximum absolute atomic E-state index is 12.7. The second-order valence-corrected chi connectivity index (χ2v) is 6.40. The van der Waals surface area contributed by atoms with Gasteiger partial charge in [0.2, 0.25) is 0 Å². The van der Waals surface area contributed by atoms with E-state index in [4.69, 9.17) is 0 Å². The maximum Gasteiger partial charge on any atom is 0.255 e. The summed E-state index contributed by atoms with van der Waals surface area (Å²) in [5.74, 6) is 0.0404. The fourth-order valence-corrected chi connectivity index (χ4v) is 3.27. The van der Waals surface area contributed by atoms with E-state index in [2.05, 4.69) is 34.5 Å². The van der Waals surface area contributed by atoms with Gasteiger partial charge >= 0.3 is 0 Å². The number of aliphatic hydroxyl groups is 1. The van der Waals surface area contributed by atoms with E-state index in [0.717, 1.165) is 35.1 Å². The van der Waals surface area contributed by atoms with Gasteiger partial charge in [0.05, 0.1) is 12.2 Å². The molecule has 0 saturated carbocycles. The predicted octanol–water partition coefficient (Wildman–Crippen LogP) is 1.82. The van der Waals surface area contributed by atoms with Gasteiger partial charge in [0.15, 0.2) is 0 Å². The zero-order valence-corrected chi connectivity index (χ0v) is 13.9. The Balaban J connectivity index is 2.16. The SMILES string of the molecule is CN1CCC(N(CCO)C(=O)c2ccccc2I)CC1. The van der Waals surface area contributed by atoms with Crippen molar-refractivity contribution in [3.63, 3.8) is 0 Å². The minimum Gasteiger partial charge on any atom is -0.395 e. The molecule has 0 atom stereocenters. The predicted molar refractivity (Wildman–Crippen MR) is 87.8 cm³/mol. The van der Waals surface area contributed by atoms with Crippen LogP contribution in [0, 0.1) is 3.57 Å². The highest BCUT2D eigenvalue weighted by Crippen LogP contribution is 2.20. The minimum atomic E-state index is 0.0154. The average molecular weight is 388 g/mol. The molecule has 5 heteroatoms. The molecule has 1 saturated heterocycles. The number of nitrogens with zero attached hydrogens (tertiary/aromatic N) is 2. The van der Waals surface area contributed by atoms with Crippen LogP contribution in [0.2, 0.25) is 0 Å². The molecule has 0 radical (unpaired) electrons. The molecule has 1 aromatic rings. The second kappa shape index (κ2) is 7.38. The van der Waals surface area contributed by atoms with Gasteiger partial charge in [-0.1, -0.05) is 12.1 Å². The number of benzene rings is 1. The first-order valence-electron chi connectivity index (χ1n) is 6.98. The molecule has 0 spiro atoms. The Morgan fingerprint density at radius 2 is 2.05 bits per heavy atom. The number of carbonyl (C=O) groups is 1. The van der Waals surface area contributed by atoms with Crippen molar-refractivity contribution in [1.82, 2.24) is 9.80 Å². The average Bonchev–Trinajstić information content (AvgIpc) is 2.46. The third kappa shape index (κ3) is 3.71. The van der Waals surface area contributed by atoms with Crippen LogP contribution in [0.1, 0.15) is 23.2 Å². The molecule has 1 fully saturated rings. The summed E-state index contributed by atoms with van der Waals surface area (Å²) in [5.41, 5.74) is 0.737. The molecule has 1 amide bonds. The Labute approximate surface area is 133 Å². The van der Waals surface area contributed by atoms with Gasteiger partial charge in [-0.2, -0.15) is 0 Å². The highest BCUT2D eigenvalue weighted by atomic mass is 127. The van der Waals surface area contributed by atoms with Gasteiger partial charge < -0.3 is 14.9 Å². The van der Waals surface area contributed by atoms with Gasteiger partial charge in [-0.3, -0.25) is 4.79 Å². The summed E-state index contributed by atoms with van der Waals surface area (Å²) >= 11 is 2.19. The van der Waals surface area contributed by atoms with Crippen LogP contribution in [0.15, 0.2) is 24.3 Å². The molecule has 0 unspecified atom stereocenters. The third-order valence-electron chi connectivity index (χ3n) is 3.83. The molecule has 4 nitrogen and oxygen atoms in total. The van der Waals surface area contributed by atoms with E-state index in [-0.39, 0.29) is 18.6 Å². The number of aliphatic hydroxyl groups excluding tert-OH is 1. The van der Waals surface area contributed by atoms with E-state index >= 15 is 0 Å². The highest BCUT2D eigenvalue weighted by Gasteiger charge is 2.27. The fourth-order valence-electron chi connectivity index (χ4n) is 2.65. The largest absolute Gasteiger partial charge is 0.395 e. The molecule has 1 N–H and O–H groups in total. The zero-order chi connectivity index (χ0) is 14.5. The first kappa shape index (κ1) is 15.7. The van der Waals surface area contributed by atoms with Crippen LogP contribution in [0.3, 0.4) is 0 Å². The number of hydrogen-bond donors (Lipinski definition) is 1. The monoisotopic (exact) mass is 388 g/mol. The Morgan fingerprint density at radius 1 is 1.40 bits per heavy atom. The first-order valence-corrected chi connectivity index (χ1v) is 8.06. The smallest absolute Gasteiger partial charge is 0.255 e. The Kier molecular flexibility index (Phi) is 5.80. The van der Waals surface area contributed by atoms with Gasteiger partial charge in [0.1, 0.15) is 0 Å². The van der Waals surface area contributed by atoms with Crippen molar-refractivity contribution >= 4 is 28.5 Å². The normalized spacial score (nSPS) is 17.1. The van der Waals surface area contributed by atoms with Crippen molar-refractivity contribution in [3.05, 3.63) is 33.4 Å².